The summed E-state index contributed by atoms with van der Waals surface area (Å²) < 4.78 is 0.794. The summed E-state index contributed by atoms with van der Waals surface area (Å²) >= 11 is 9.05. The molecule has 23 heavy (non-hydrogen) atoms. The topological polar surface area (TPSA) is 70.6 Å². The minimum Gasteiger partial charge on any atom is -0.343 e. The van der Waals surface area contributed by atoms with Gasteiger partial charge in [0.25, 0.3) is 11.8 Å². The van der Waals surface area contributed by atoms with E-state index in [0.717, 1.165) is 10.0 Å². The Kier molecular flexibility index (Phi) is 6.31. The van der Waals surface area contributed by atoms with E-state index in [1.54, 1.807) is 42.5 Å². The lowest BCUT2D eigenvalue weighted by atomic mass is 10.2. The normalized spacial score (nSPS) is 10.5. The van der Waals surface area contributed by atoms with E-state index in [9.17, 15) is 9.59 Å². The molecule has 2 aromatic carbocycles. The first-order valence-corrected chi connectivity index (χ1v) is 7.83. The van der Waals surface area contributed by atoms with Crippen molar-refractivity contribution in [2.75, 3.05) is 6.54 Å². The molecule has 7 heteroatoms. The van der Waals surface area contributed by atoms with E-state index in [0.29, 0.717) is 10.6 Å². The highest BCUT2D eigenvalue weighted by Crippen LogP contribution is 2.11. The van der Waals surface area contributed by atoms with Crippen molar-refractivity contribution >= 4 is 45.6 Å². The fourth-order valence-corrected chi connectivity index (χ4v) is 2.18. The number of hydrogen-bond acceptors (Lipinski definition) is 3. The fraction of sp³-hybridized carbons (Fsp3) is 0.0625. The largest absolute Gasteiger partial charge is 0.343 e. The molecule has 0 saturated carbocycles. The van der Waals surface area contributed by atoms with Gasteiger partial charge in [-0.05, 0) is 35.9 Å². The summed E-state index contributed by atoms with van der Waals surface area (Å²) in [4.78, 5) is 23.5. The summed E-state index contributed by atoms with van der Waals surface area (Å²) in [5.74, 6) is -0.748. The van der Waals surface area contributed by atoms with Crippen molar-refractivity contribution in [3.63, 3.8) is 0 Å². The number of carbonyl (C=O) groups is 2. The summed E-state index contributed by atoms with van der Waals surface area (Å²) in [6.07, 6.45) is 1.49. The van der Waals surface area contributed by atoms with Gasteiger partial charge < -0.3 is 5.32 Å². The van der Waals surface area contributed by atoms with Crippen molar-refractivity contribution in [3.05, 3.63) is 69.2 Å². The van der Waals surface area contributed by atoms with Gasteiger partial charge in [0.05, 0.1) is 12.8 Å². The summed E-state index contributed by atoms with van der Waals surface area (Å²) in [5.41, 5.74) is 3.61. The van der Waals surface area contributed by atoms with E-state index in [1.165, 1.54) is 6.21 Å². The van der Waals surface area contributed by atoms with E-state index in [2.05, 4.69) is 31.8 Å². The Labute approximate surface area is 146 Å². The highest BCUT2D eigenvalue weighted by Gasteiger charge is 2.07. The smallest absolute Gasteiger partial charge is 0.259 e. The maximum Gasteiger partial charge on any atom is 0.259 e. The first kappa shape index (κ1) is 17.2. The van der Waals surface area contributed by atoms with E-state index in [-0.39, 0.29) is 12.5 Å². The van der Waals surface area contributed by atoms with Gasteiger partial charge in [-0.1, -0.05) is 45.7 Å². The number of hydrazone groups is 1. The fourth-order valence-electron chi connectivity index (χ4n) is 1.66. The van der Waals surface area contributed by atoms with Crippen molar-refractivity contribution in [1.82, 2.24) is 10.7 Å². The molecule has 0 atom stereocenters. The number of benzene rings is 2. The molecule has 0 aliphatic heterocycles. The van der Waals surface area contributed by atoms with Crippen LogP contribution in [-0.4, -0.2) is 24.6 Å². The second-order valence-corrected chi connectivity index (χ2v) is 5.89. The molecule has 0 aliphatic carbocycles. The molecule has 5 nitrogen and oxygen atoms in total. The van der Waals surface area contributed by atoms with Crippen LogP contribution in [0.25, 0.3) is 0 Å². The van der Waals surface area contributed by atoms with E-state index >= 15 is 0 Å². The molecule has 0 bridgehead atoms. The van der Waals surface area contributed by atoms with E-state index in [4.69, 9.17) is 11.6 Å². The third-order valence-corrected chi connectivity index (χ3v) is 3.51. The quantitative estimate of drug-likeness (QED) is 0.604. The van der Waals surface area contributed by atoms with Crippen LogP contribution in [0.4, 0.5) is 0 Å². The number of carbonyl (C=O) groups excluding carboxylic acids is 2. The molecule has 0 radical (unpaired) electrons. The van der Waals surface area contributed by atoms with Crippen LogP contribution in [0, 0.1) is 0 Å². The third kappa shape index (κ3) is 5.84. The van der Waals surface area contributed by atoms with Gasteiger partial charge >= 0.3 is 0 Å². The Bertz CT molecular complexity index is 732. The van der Waals surface area contributed by atoms with Gasteiger partial charge in [-0.2, -0.15) is 5.10 Å². The summed E-state index contributed by atoms with van der Waals surface area (Å²) in [7, 11) is 0. The first-order valence-electron chi connectivity index (χ1n) is 6.66. The molecule has 0 aromatic heterocycles. The maximum absolute atomic E-state index is 11.9. The second kappa shape index (κ2) is 8.45. The zero-order valence-electron chi connectivity index (χ0n) is 11.9. The van der Waals surface area contributed by atoms with Crippen molar-refractivity contribution in [2.24, 2.45) is 5.10 Å². The van der Waals surface area contributed by atoms with Crippen LogP contribution >= 0.6 is 27.5 Å². The molecule has 0 saturated heterocycles. The van der Waals surface area contributed by atoms with E-state index in [1.807, 2.05) is 6.07 Å². The highest BCUT2D eigenvalue weighted by atomic mass is 79.9. The summed E-state index contributed by atoms with van der Waals surface area (Å²) in [5, 5.41) is 6.95. The molecule has 0 heterocycles. The first-order chi connectivity index (χ1) is 11.0. The molecule has 0 unspecified atom stereocenters. The maximum atomic E-state index is 11.9. The molecule has 2 amide bonds. The Morgan fingerprint density at radius 1 is 1.17 bits per heavy atom. The average molecular weight is 395 g/mol. The van der Waals surface area contributed by atoms with Gasteiger partial charge in [0.1, 0.15) is 0 Å². The number of nitrogens with zero attached hydrogens (tertiary/aromatic N) is 1. The summed E-state index contributed by atoms with van der Waals surface area (Å²) in [6.45, 7) is -0.163. The number of amides is 2. The van der Waals surface area contributed by atoms with Crippen molar-refractivity contribution in [1.29, 1.82) is 0 Å². The third-order valence-electron chi connectivity index (χ3n) is 2.77. The van der Waals surface area contributed by atoms with Gasteiger partial charge in [-0.15, -0.1) is 0 Å². The predicted octanol–water partition coefficient (Wildman–Crippen LogP) is 2.98. The Hall–Kier alpha value is -2.18. The minimum atomic E-state index is -0.418. The predicted molar refractivity (Wildman–Crippen MR) is 93.7 cm³/mol. The van der Waals surface area contributed by atoms with Gasteiger partial charge in [0, 0.05) is 15.1 Å². The van der Waals surface area contributed by atoms with E-state index < -0.39 is 5.91 Å². The standard InChI is InChI=1S/C16H13BrClN3O2/c17-13-3-1-2-12(8-13)16(23)19-10-15(22)21-20-9-11-4-6-14(18)7-5-11/h1-9H,10H2,(H,19,23)(H,21,22)/b20-9-. The number of nitrogens with one attached hydrogen (secondary N) is 2. The Balaban J connectivity index is 1.78. The zero-order valence-corrected chi connectivity index (χ0v) is 14.3. The molecule has 0 aliphatic rings. The molecule has 2 N–H and O–H groups in total. The number of rotatable bonds is 5. The molecule has 118 valence electrons. The lowest BCUT2D eigenvalue weighted by molar-refractivity contribution is -0.120. The lowest BCUT2D eigenvalue weighted by Crippen LogP contribution is -2.34. The average Bonchev–Trinajstić information content (AvgIpc) is 2.54. The zero-order chi connectivity index (χ0) is 16.7. The second-order valence-electron chi connectivity index (χ2n) is 4.54. The molecular formula is C16H13BrClN3O2. The Morgan fingerprint density at radius 2 is 1.91 bits per heavy atom. The minimum absolute atomic E-state index is 0.163. The monoisotopic (exact) mass is 393 g/mol. The van der Waals surface area contributed by atoms with Crippen LogP contribution < -0.4 is 10.7 Å². The van der Waals surface area contributed by atoms with Crippen molar-refractivity contribution < 1.29 is 9.59 Å². The SMILES string of the molecule is O=C(CNC(=O)c1cccc(Br)c1)N/N=C\c1ccc(Cl)cc1. The molecule has 0 spiro atoms. The van der Waals surface area contributed by atoms with Crippen LogP contribution in [0.3, 0.4) is 0 Å². The van der Waals surface area contributed by atoms with Crippen LogP contribution in [0.2, 0.25) is 5.02 Å². The van der Waals surface area contributed by atoms with Gasteiger partial charge in [-0.25, -0.2) is 5.43 Å². The Morgan fingerprint density at radius 3 is 2.61 bits per heavy atom. The van der Waals surface area contributed by atoms with Gasteiger partial charge in [0.15, 0.2) is 0 Å². The van der Waals surface area contributed by atoms with Gasteiger partial charge in [0.2, 0.25) is 0 Å². The molecule has 2 rings (SSSR count). The molecular weight excluding hydrogens is 382 g/mol. The van der Waals surface area contributed by atoms with Crippen molar-refractivity contribution in [2.45, 2.75) is 0 Å². The molecule has 2 aromatic rings. The van der Waals surface area contributed by atoms with Gasteiger partial charge in [-0.3, -0.25) is 9.59 Å². The van der Waals surface area contributed by atoms with Crippen LogP contribution in [0.1, 0.15) is 15.9 Å². The highest BCUT2D eigenvalue weighted by molar-refractivity contribution is 9.10. The molecule has 0 fully saturated rings. The van der Waals surface area contributed by atoms with Crippen LogP contribution in [0.5, 0.6) is 0 Å². The number of halogens is 2. The number of hydrogen-bond donors (Lipinski definition) is 2. The summed E-state index contributed by atoms with van der Waals surface area (Å²) in [6, 6.07) is 13.9. The van der Waals surface area contributed by atoms with Crippen LogP contribution in [-0.2, 0) is 4.79 Å². The van der Waals surface area contributed by atoms with Crippen LogP contribution in [0.15, 0.2) is 58.1 Å². The lowest BCUT2D eigenvalue weighted by Gasteiger charge is -2.04. The van der Waals surface area contributed by atoms with Crippen molar-refractivity contribution in [3.8, 4) is 0 Å².